The smallest absolute Gasteiger partial charge is 0.175 e. The number of methoxy groups -OCH3 is 1. The minimum absolute atomic E-state index is 0.310. The molecule has 3 nitrogen and oxygen atoms in total. The number of rotatable bonds is 2. The second kappa shape index (κ2) is 4.09. The Labute approximate surface area is 97.3 Å². The van der Waals surface area contributed by atoms with E-state index in [1.54, 1.807) is 13.2 Å². The molecule has 1 heterocycles. The predicted octanol–water partition coefficient (Wildman–Crippen LogP) is 3.20. The first-order chi connectivity index (χ1) is 7.61. The van der Waals surface area contributed by atoms with Crippen LogP contribution in [0.1, 0.15) is 5.69 Å². The first-order valence-corrected chi connectivity index (χ1v) is 5.15. The Morgan fingerprint density at radius 2 is 2.06 bits per heavy atom. The molecule has 0 radical (unpaired) electrons. The molecule has 1 aromatic carbocycles. The van der Waals surface area contributed by atoms with E-state index in [0.29, 0.717) is 16.1 Å². The Kier molecular flexibility index (Phi) is 2.78. The summed E-state index contributed by atoms with van der Waals surface area (Å²) in [7, 11) is 1.55. The lowest BCUT2D eigenvalue weighted by molar-refractivity contribution is 0.415. The first kappa shape index (κ1) is 10.9. The lowest BCUT2D eigenvalue weighted by atomic mass is 10.1. The number of aromatic nitrogens is 2. The molecule has 0 amide bonds. The number of aryl methyl sites for hydroxylation is 1. The summed E-state index contributed by atoms with van der Waals surface area (Å²) >= 11 is 4.99. The standard InChI is InChI=1S/C11H11FN2OS/c1-6-10(14-11(16)13-6)8-5-7(12)3-4-9(8)15-2/h3-5H,1-2H3,(H2,13,14,16). The summed E-state index contributed by atoms with van der Waals surface area (Å²) in [4.78, 5) is 5.93. The maximum Gasteiger partial charge on any atom is 0.175 e. The van der Waals surface area contributed by atoms with Crippen LogP contribution in [0.5, 0.6) is 5.75 Å². The highest BCUT2D eigenvalue weighted by Crippen LogP contribution is 2.30. The molecular formula is C11H11FN2OS. The zero-order chi connectivity index (χ0) is 11.7. The molecule has 0 aliphatic heterocycles. The molecule has 0 atom stereocenters. The van der Waals surface area contributed by atoms with Gasteiger partial charge in [0.15, 0.2) is 4.77 Å². The highest BCUT2D eigenvalue weighted by molar-refractivity contribution is 7.71. The van der Waals surface area contributed by atoms with E-state index in [9.17, 15) is 4.39 Å². The largest absolute Gasteiger partial charge is 0.496 e. The first-order valence-electron chi connectivity index (χ1n) is 4.74. The van der Waals surface area contributed by atoms with Crippen molar-refractivity contribution >= 4 is 12.2 Å². The van der Waals surface area contributed by atoms with E-state index >= 15 is 0 Å². The minimum Gasteiger partial charge on any atom is -0.496 e. The molecular weight excluding hydrogens is 227 g/mol. The lowest BCUT2D eigenvalue weighted by Gasteiger charge is -2.07. The zero-order valence-corrected chi connectivity index (χ0v) is 9.74. The highest BCUT2D eigenvalue weighted by atomic mass is 32.1. The van der Waals surface area contributed by atoms with Crippen LogP contribution in [0.15, 0.2) is 18.2 Å². The molecule has 2 aromatic rings. The molecule has 1 aromatic heterocycles. The molecule has 0 bridgehead atoms. The number of halogens is 1. The summed E-state index contributed by atoms with van der Waals surface area (Å²) in [6.45, 7) is 1.87. The van der Waals surface area contributed by atoms with E-state index in [2.05, 4.69) is 9.97 Å². The van der Waals surface area contributed by atoms with Crippen LogP contribution >= 0.6 is 12.2 Å². The molecule has 0 spiro atoms. The molecule has 84 valence electrons. The van der Waals surface area contributed by atoms with Crippen molar-refractivity contribution in [3.05, 3.63) is 34.5 Å². The number of nitrogens with one attached hydrogen (secondary N) is 2. The van der Waals surface area contributed by atoms with Crippen LogP contribution < -0.4 is 4.74 Å². The molecule has 0 saturated heterocycles. The van der Waals surface area contributed by atoms with Crippen LogP contribution in [0.2, 0.25) is 0 Å². The van der Waals surface area contributed by atoms with Gasteiger partial charge in [0.25, 0.3) is 0 Å². The fourth-order valence-electron chi connectivity index (χ4n) is 1.62. The van der Waals surface area contributed by atoms with Gasteiger partial charge in [-0.05, 0) is 37.3 Å². The average Bonchev–Trinajstić information content (AvgIpc) is 2.57. The van der Waals surface area contributed by atoms with Crippen molar-refractivity contribution in [1.82, 2.24) is 9.97 Å². The van der Waals surface area contributed by atoms with Crippen molar-refractivity contribution in [2.45, 2.75) is 6.92 Å². The van der Waals surface area contributed by atoms with Crippen molar-refractivity contribution in [2.24, 2.45) is 0 Å². The van der Waals surface area contributed by atoms with Crippen molar-refractivity contribution in [3.63, 3.8) is 0 Å². The van der Waals surface area contributed by atoms with Gasteiger partial charge < -0.3 is 14.7 Å². The summed E-state index contributed by atoms with van der Waals surface area (Å²) < 4.78 is 18.9. The van der Waals surface area contributed by atoms with E-state index in [-0.39, 0.29) is 5.82 Å². The molecule has 2 rings (SSSR count). The van der Waals surface area contributed by atoms with E-state index < -0.39 is 0 Å². The number of ether oxygens (including phenoxy) is 1. The predicted molar refractivity (Wildman–Crippen MR) is 62.7 cm³/mol. The maximum absolute atomic E-state index is 13.2. The molecule has 0 aliphatic carbocycles. The summed E-state index contributed by atoms with van der Waals surface area (Å²) in [6.07, 6.45) is 0. The van der Waals surface area contributed by atoms with Gasteiger partial charge in [-0.3, -0.25) is 0 Å². The molecule has 0 unspecified atom stereocenters. The number of hydrogen-bond donors (Lipinski definition) is 2. The van der Waals surface area contributed by atoms with E-state index in [4.69, 9.17) is 17.0 Å². The van der Waals surface area contributed by atoms with Crippen molar-refractivity contribution in [1.29, 1.82) is 0 Å². The average molecular weight is 238 g/mol. The number of benzene rings is 1. The van der Waals surface area contributed by atoms with Gasteiger partial charge in [0.05, 0.1) is 12.8 Å². The summed E-state index contributed by atoms with van der Waals surface area (Å²) in [5.74, 6) is 0.297. The number of imidazole rings is 1. The van der Waals surface area contributed by atoms with Crippen LogP contribution in [0, 0.1) is 17.5 Å². The Bertz CT molecular complexity index is 574. The van der Waals surface area contributed by atoms with E-state index in [1.165, 1.54) is 12.1 Å². The maximum atomic E-state index is 13.2. The van der Waals surface area contributed by atoms with Gasteiger partial charge in [-0.25, -0.2) is 4.39 Å². The number of aromatic amines is 2. The molecule has 0 fully saturated rings. The van der Waals surface area contributed by atoms with Gasteiger partial charge in [0, 0.05) is 11.3 Å². The fraction of sp³-hybridized carbons (Fsp3) is 0.182. The minimum atomic E-state index is -0.310. The van der Waals surface area contributed by atoms with Gasteiger partial charge >= 0.3 is 0 Å². The van der Waals surface area contributed by atoms with Crippen LogP contribution in [0.3, 0.4) is 0 Å². The lowest BCUT2D eigenvalue weighted by Crippen LogP contribution is -1.90. The van der Waals surface area contributed by atoms with Gasteiger partial charge in [-0.15, -0.1) is 0 Å². The molecule has 2 N–H and O–H groups in total. The third-order valence-electron chi connectivity index (χ3n) is 2.35. The van der Waals surface area contributed by atoms with Gasteiger partial charge in [-0.1, -0.05) is 0 Å². The van der Waals surface area contributed by atoms with E-state index in [1.807, 2.05) is 6.92 Å². The summed E-state index contributed by atoms with van der Waals surface area (Å²) in [5.41, 5.74) is 2.27. The van der Waals surface area contributed by atoms with Gasteiger partial charge in [0.1, 0.15) is 11.6 Å². The quantitative estimate of drug-likeness (QED) is 0.789. The molecule has 16 heavy (non-hydrogen) atoms. The Morgan fingerprint density at radius 3 is 2.62 bits per heavy atom. The Morgan fingerprint density at radius 1 is 1.31 bits per heavy atom. The normalized spacial score (nSPS) is 10.4. The molecule has 0 saturated carbocycles. The topological polar surface area (TPSA) is 40.8 Å². The third kappa shape index (κ3) is 1.86. The highest BCUT2D eigenvalue weighted by Gasteiger charge is 2.11. The van der Waals surface area contributed by atoms with Crippen molar-refractivity contribution in [2.75, 3.05) is 7.11 Å². The van der Waals surface area contributed by atoms with Gasteiger partial charge in [-0.2, -0.15) is 0 Å². The summed E-state index contributed by atoms with van der Waals surface area (Å²) in [6, 6.07) is 4.37. The third-order valence-corrected chi connectivity index (χ3v) is 2.55. The SMILES string of the molecule is COc1ccc(F)cc1-c1[nH]c(=S)[nH]c1C. The van der Waals surface area contributed by atoms with Crippen molar-refractivity contribution in [3.8, 4) is 17.0 Å². The second-order valence-corrected chi connectivity index (χ2v) is 3.83. The summed E-state index contributed by atoms with van der Waals surface area (Å²) in [5, 5.41) is 0. The molecule has 5 heteroatoms. The second-order valence-electron chi connectivity index (χ2n) is 3.42. The van der Waals surface area contributed by atoms with Crippen LogP contribution in [0.4, 0.5) is 4.39 Å². The monoisotopic (exact) mass is 238 g/mol. The molecule has 0 aliphatic rings. The fourth-order valence-corrected chi connectivity index (χ4v) is 1.87. The van der Waals surface area contributed by atoms with Crippen molar-refractivity contribution < 1.29 is 9.13 Å². The van der Waals surface area contributed by atoms with Gasteiger partial charge in [0.2, 0.25) is 0 Å². The van der Waals surface area contributed by atoms with E-state index in [0.717, 1.165) is 11.4 Å². The zero-order valence-electron chi connectivity index (χ0n) is 8.93. The van der Waals surface area contributed by atoms with Crippen LogP contribution in [-0.4, -0.2) is 17.1 Å². The number of H-pyrrole nitrogens is 2. The Balaban J connectivity index is 2.67. The van der Waals surface area contributed by atoms with Crippen LogP contribution in [0.25, 0.3) is 11.3 Å². The number of hydrogen-bond acceptors (Lipinski definition) is 2. The van der Waals surface area contributed by atoms with Crippen LogP contribution in [-0.2, 0) is 0 Å². The Hall–Kier alpha value is -1.62.